The first-order valence-electron chi connectivity index (χ1n) is 11.7. The number of nitrogens with zero attached hydrogens (tertiary/aromatic N) is 3. The van der Waals surface area contributed by atoms with Gasteiger partial charge in [0.15, 0.2) is 0 Å². The number of amides is 1. The number of hydrogen-bond donors (Lipinski definition) is 1. The van der Waals surface area contributed by atoms with E-state index in [1.807, 2.05) is 40.8 Å². The SMILES string of the molecule is CC(C)C#Cc1cnc2c(c1)C(=O)N([C@H](C)CO)C[C@H](C)[C@@H](CN(C)Cc1cccc(F)c1)O2. The van der Waals surface area contributed by atoms with E-state index < -0.39 is 0 Å². The molecular formula is C27H34FN3O3. The zero-order valence-electron chi connectivity index (χ0n) is 20.6. The van der Waals surface area contributed by atoms with Crippen LogP contribution in [0.4, 0.5) is 4.39 Å². The van der Waals surface area contributed by atoms with Crippen molar-refractivity contribution in [3.63, 3.8) is 0 Å². The number of aliphatic hydroxyl groups is 1. The van der Waals surface area contributed by atoms with E-state index in [9.17, 15) is 14.3 Å². The molecule has 0 fully saturated rings. The maximum absolute atomic E-state index is 13.6. The number of benzene rings is 1. The summed E-state index contributed by atoms with van der Waals surface area (Å²) < 4.78 is 19.9. The first kappa shape index (κ1) is 25.7. The monoisotopic (exact) mass is 467 g/mol. The largest absolute Gasteiger partial charge is 0.472 e. The van der Waals surface area contributed by atoms with Gasteiger partial charge < -0.3 is 14.7 Å². The fourth-order valence-corrected chi connectivity index (χ4v) is 3.93. The summed E-state index contributed by atoms with van der Waals surface area (Å²) in [6.45, 7) is 9.26. The summed E-state index contributed by atoms with van der Waals surface area (Å²) in [5, 5.41) is 9.80. The second kappa shape index (κ2) is 11.5. The smallest absolute Gasteiger partial charge is 0.259 e. The Labute approximate surface area is 201 Å². The molecule has 0 bridgehead atoms. The topological polar surface area (TPSA) is 65.9 Å². The molecule has 0 spiro atoms. The quantitative estimate of drug-likeness (QED) is 0.658. The number of aromatic nitrogens is 1. The zero-order valence-corrected chi connectivity index (χ0v) is 20.6. The van der Waals surface area contributed by atoms with Crippen LogP contribution < -0.4 is 4.74 Å². The lowest BCUT2D eigenvalue weighted by molar-refractivity contribution is 0.0325. The maximum atomic E-state index is 13.6. The fourth-order valence-electron chi connectivity index (χ4n) is 3.93. The molecule has 2 aromatic rings. The highest BCUT2D eigenvalue weighted by molar-refractivity contribution is 5.97. The molecule has 2 heterocycles. The number of hydrogen-bond acceptors (Lipinski definition) is 5. The van der Waals surface area contributed by atoms with Crippen molar-refractivity contribution in [2.24, 2.45) is 11.8 Å². The van der Waals surface area contributed by atoms with E-state index >= 15 is 0 Å². The van der Waals surface area contributed by atoms with Gasteiger partial charge in [0, 0.05) is 43.2 Å². The van der Waals surface area contributed by atoms with Crippen LogP contribution in [0.3, 0.4) is 0 Å². The van der Waals surface area contributed by atoms with Crippen molar-refractivity contribution in [1.82, 2.24) is 14.8 Å². The van der Waals surface area contributed by atoms with Crippen LogP contribution in [0.5, 0.6) is 5.88 Å². The van der Waals surface area contributed by atoms with Crippen molar-refractivity contribution >= 4 is 5.91 Å². The summed E-state index contributed by atoms with van der Waals surface area (Å²) >= 11 is 0. The molecule has 0 unspecified atom stereocenters. The van der Waals surface area contributed by atoms with E-state index in [0.717, 1.165) is 5.56 Å². The van der Waals surface area contributed by atoms with Gasteiger partial charge in [0.1, 0.15) is 17.5 Å². The van der Waals surface area contributed by atoms with Crippen LogP contribution in [0.2, 0.25) is 0 Å². The summed E-state index contributed by atoms with van der Waals surface area (Å²) in [4.78, 5) is 21.6. The molecule has 3 atom stereocenters. The number of rotatable bonds is 6. The van der Waals surface area contributed by atoms with Crippen LogP contribution in [0.15, 0.2) is 36.5 Å². The normalized spacial score (nSPS) is 19.1. The van der Waals surface area contributed by atoms with Gasteiger partial charge >= 0.3 is 0 Å². The van der Waals surface area contributed by atoms with Crippen LogP contribution >= 0.6 is 0 Å². The Bertz CT molecular complexity index is 1060. The van der Waals surface area contributed by atoms with E-state index in [0.29, 0.717) is 30.8 Å². The average Bonchev–Trinajstić information content (AvgIpc) is 2.79. The number of likely N-dealkylation sites (N-methyl/N-ethyl adjacent to an activating group) is 1. The molecule has 0 saturated carbocycles. The molecule has 34 heavy (non-hydrogen) atoms. The predicted molar refractivity (Wildman–Crippen MR) is 130 cm³/mol. The molecule has 1 aromatic heterocycles. The lowest BCUT2D eigenvalue weighted by atomic mass is 9.99. The summed E-state index contributed by atoms with van der Waals surface area (Å²) in [5.74, 6) is 6.11. The number of halogens is 1. The highest BCUT2D eigenvalue weighted by Gasteiger charge is 2.34. The van der Waals surface area contributed by atoms with Gasteiger partial charge in [0.05, 0.1) is 12.6 Å². The Morgan fingerprint density at radius 2 is 2.09 bits per heavy atom. The third kappa shape index (κ3) is 6.55. The molecule has 0 aliphatic carbocycles. The molecule has 1 aliphatic rings. The molecule has 3 rings (SSSR count). The third-order valence-electron chi connectivity index (χ3n) is 5.86. The van der Waals surface area contributed by atoms with Gasteiger partial charge in [-0.05, 0) is 37.7 Å². The van der Waals surface area contributed by atoms with Crippen molar-refractivity contribution in [2.45, 2.75) is 46.4 Å². The fraction of sp³-hybridized carbons (Fsp3) is 0.481. The number of aliphatic hydroxyl groups excluding tert-OH is 1. The van der Waals surface area contributed by atoms with Gasteiger partial charge in [0.2, 0.25) is 5.88 Å². The molecule has 0 radical (unpaired) electrons. The second-order valence-electron chi connectivity index (χ2n) is 9.45. The van der Waals surface area contributed by atoms with Crippen LogP contribution in [0.25, 0.3) is 0 Å². The Kier molecular flexibility index (Phi) is 8.65. The van der Waals surface area contributed by atoms with Crippen molar-refractivity contribution in [3.05, 3.63) is 59.0 Å². The third-order valence-corrected chi connectivity index (χ3v) is 5.86. The van der Waals surface area contributed by atoms with Crippen LogP contribution in [0.1, 0.15) is 49.2 Å². The summed E-state index contributed by atoms with van der Waals surface area (Å²) in [6.07, 6.45) is 1.36. The van der Waals surface area contributed by atoms with Crippen molar-refractivity contribution < 1.29 is 19.0 Å². The first-order valence-corrected chi connectivity index (χ1v) is 11.7. The number of carbonyl (C=O) groups is 1. The number of carbonyl (C=O) groups excluding carboxylic acids is 1. The highest BCUT2D eigenvalue weighted by Crippen LogP contribution is 2.27. The second-order valence-corrected chi connectivity index (χ2v) is 9.45. The lowest BCUT2D eigenvalue weighted by Crippen LogP contribution is -2.49. The number of ether oxygens (including phenoxy) is 1. The molecule has 182 valence electrons. The molecular weight excluding hydrogens is 433 g/mol. The van der Waals surface area contributed by atoms with Gasteiger partial charge in [-0.15, -0.1) is 0 Å². The minimum atomic E-state index is -0.350. The molecule has 1 aromatic carbocycles. The van der Waals surface area contributed by atoms with E-state index in [4.69, 9.17) is 4.74 Å². The van der Waals surface area contributed by atoms with Crippen molar-refractivity contribution in [2.75, 3.05) is 26.7 Å². The Morgan fingerprint density at radius 3 is 2.76 bits per heavy atom. The minimum absolute atomic E-state index is 0.0248. The van der Waals surface area contributed by atoms with Crippen LogP contribution in [-0.4, -0.2) is 64.7 Å². The Morgan fingerprint density at radius 1 is 1.32 bits per heavy atom. The molecule has 0 saturated heterocycles. The van der Waals surface area contributed by atoms with E-state index in [1.54, 1.807) is 23.2 Å². The van der Waals surface area contributed by atoms with Gasteiger partial charge in [-0.1, -0.05) is 44.7 Å². The lowest BCUT2D eigenvalue weighted by Gasteiger charge is -2.37. The summed E-state index contributed by atoms with van der Waals surface area (Å²) in [6, 6.07) is 7.92. The summed E-state index contributed by atoms with van der Waals surface area (Å²) in [5.41, 5.74) is 1.87. The van der Waals surface area contributed by atoms with Crippen molar-refractivity contribution in [1.29, 1.82) is 0 Å². The predicted octanol–water partition coefficient (Wildman–Crippen LogP) is 3.58. The van der Waals surface area contributed by atoms with E-state index in [-0.39, 0.29) is 48.2 Å². The highest BCUT2D eigenvalue weighted by atomic mass is 19.1. The zero-order chi connectivity index (χ0) is 24.8. The van der Waals surface area contributed by atoms with Gasteiger partial charge in [-0.25, -0.2) is 9.37 Å². The molecule has 7 heteroatoms. The molecule has 1 N–H and O–H groups in total. The van der Waals surface area contributed by atoms with Gasteiger partial charge in [-0.3, -0.25) is 9.69 Å². The molecule has 6 nitrogen and oxygen atoms in total. The maximum Gasteiger partial charge on any atom is 0.259 e. The summed E-state index contributed by atoms with van der Waals surface area (Å²) in [7, 11) is 1.96. The molecule has 1 aliphatic heterocycles. The van der Waals surface area contributed by atoms with E-state index in [2.05, 4.69) is 21.7 Å². The Hall–Kier alpha value is -2.95. The van der Waals surface area contributed by atoms with Gasteiger partial charge in [0.25, 0.3) is 5.91 Å². The van der Waals surface area contributed by atoms with Gasteiger partial charge in [-0.2, -0.15) is 0 Å². The van der Waals surface area contributed by atoms with Crippen LogP contribution in [-0.2, 0) is 6.54 Å². The standard InChI is InChI=1S/C27H34FN3O3/c1-18(2)9-10-21-12-24-26(29-13-21)34-25(19(3)14-31(27(24)33)20(4)17-32)16-30(5)15-22-7-6-8-23(28)11-22/h6-8,11-13,18-20,25,32H,14-17H2,1-5H3/t19-,20+,25+/m0/s1. The molecule has 1 amide bonds. The minimum Gasteiger partial charge on any atom is -0.472 e. The van der Waals surface area contributed by atoms with E-state index in [1.165, 1.54) is 12.1 Å². The average molecular weight is 468 g/mol. The van der Waals surface area contributed by atoms with Crippen LogP contribution in [0, 0.1) is 29.5 Å². The number of fused-ring (bicyclic) bond motifs is 1. The Balaban J connectivity index is 1.90. The first-order chi connectivity index (χ1) is 16.2. The number of pyridine rings is 1. The van der Waals surface area contributed by atoms with Crippen molar-refractivity contribution in [3.8, 4) is 17.7 Å².